The fourth-order valence-electron chi connectivity index (χ4n) is 3.72. The SMILES string of the molecule is CC1CC(C)C(C)N(C(=O)N2CCC(CC(=O)O)CC2)C1. The van der Waals surface area contributed by atoms with Gasteiger partial charge in [0.2, 0.25) is 0 Å². The van der Waals surface area contributed by atoms with Crippen LogP contribution in [0.5, 0.6) is 0 Å². The van der Waals surface area contributed by atoms with Crippen molar-refractivity contribution >= 4 is 12.0 Å². The number of urea groups is 1. The van der Waals surface area contributed by atoms with E-state index in [0.717, 1.165) is 19.4 Å². The Morgan fingerprint density at radius 3 is 2.33 bits per heavy atom. The van der Waals surface area contributed by atoms with Gasteiger partial charge in [0.25, 0.3) is 0 Å². The molecular weight excluding hydrogens is 268 g/mol. The van der Waals surface area contributed by atoms with Crippen LogP contribution in [0.25, 0.3) is 0 Å². The summed E-state index contributed by atoms with van der Waals surface area (Å²) >= 11 is 0. The van der Waals surface area contributed by atoms with Crippen molar-refractivity contribution in [2.45, 2.75) is 52.5 Å². The Morgan fingerprint density at radius 1 is 1.14 bits per heavy atom. The number of aliphatic carboxylic acids is 1. The molecule has 0 bridgehead atoms. The van der Waals surface area contributed by atoms with E-state index in [1.54, 1.807) is 0 Å². The van der Waals surface area contributed by atoms with Crippen LogP contribution in [-0.4, -0.2) is 52.6 Å². The van der Waals surface area contributed by atoms with Gasteiger partial charge in [-0.3, -0.25) is 4.79 Å². The standard InChI is InChI=1S/C16H28N2O3/c1-11-8-12(2)13(3)18(10-11)16(21)17-6-4-14(5-7-17)9-15(19)20/h11-14H,4-10H2,1-3H3,(H,19,20). The summed E-state index contributed by atoms with van der Waals surface area (Å²) in [5, 5.41) is 8.85. The van der Waals surface area contributed by atoms with E-state index in [0.29, 0.717) is 31.0 Å². The molecule has 21 heavy (non-hydrogen) atoms. The highest BCUT2D eigenvalue weighted by atomic mass is 16.4. The summed E-state index contributed by atoms with van der Waals surface area (Å²) in [7, 11) is 0. The van der Waals surface area contributed by atoms with Crippen molar-refractivity contribution in [2.24, 2.45) is 17.8 Å². The molecule has 5 nitrogen and oxygen atoms in total. The van der Waals surface area contributed by atoms with Gasteiger partial charge in [-0.05, 0) is 43.9 Å². The maximum atomic E-state index is 12.7. The number of rotatable bonds is 2. The second kappa shape index (κ2) is 6.67. The lowest BCUT2D eigenvalue weighted by atomic mass is 9.86. The Labute approximate surface area is 127 Å². The van der Waals surface area contributed by atoms with Crippen LogP contribution < -0.4 is 0 Å². The molecule has 2 heterocycles. The van der Waals surface area contributed by atoms with Gasteiger partial charge in [-0.2, -0.15) is 0 Å². The number of piperidine rings is 2. The predicted molar refractivity (Wildman–Crippen MR) is 81.1 cm³/mol. The molecule has 0 aromatic carbocycles. The lowest BCUT2D eigenvalue weighted by Gasteiger charge is -2.44. The van der Waals surface area contributed by atoms with Crippen LogP contribution >= 0.6 is 0 Å². The summed E-state index contributed by atoms with van der Waals surface area (Å²) in [5.41, 5.74) is 0. The number of nitrogens with zero attached hydrogens (tertiary/aromatic N) is 2. The summed E-state index contributed by atoms with van der Waals surface area (Å²) in [6, 6.07) is 0.445. The molecule has 3 atom stereocenters. The van der Waals surface area contributed by atoms with Gasteiger partial charge in [-0.1, -0.05) is 13.8 Å². The molecule has 1 N–H and O–H groups in total. The maximum Gasteiger partial charge on any atom is 0.320 e. The van der Waals surface area contributed by atoms with E-state index in [1.165, 1.54) is 6.42 Å². The number of carboxylic acid groups (broad SMARTS) is 1. The first kappa shape index (κ1) is 16.1. The summed E-state index contributed by atoms with van der Waals surface area (Å²) in [6.45, 7) is 8.82. The number of hydrogen-bond donors (Lipinski definition) is 1. The molecule has 3 unspecified atom stereocenters. The minimum absolute atomic E-state index is 0.148. The molecule has 2 amide bonds. The zero-order valence-electron chi connectivity index (χ0n) is 13.4. The van der Waals surface area contributed by atoms with Gasteiger partial charge in [0.15, 0.2) is 0 Å². The van der Waals surface area contributed by atoms with Crippen LogP contribution in [0.1, 0.15) is 46.5 Å². The van der Waals surface area contributed by atoms with Crippen molar-refractivity contribution in [1.29, 1.82) is 0 Å². The molecule has 2 rings (SSSR count). The van der Waals surface area contributed by atoms with E-state index >= 15 is 0 Å². The minimum Gasteiger partial charge on any atom is -0.481 e. The predicted octanol–water partition coefficient (Wildman–Crippen LogP) is 2.66. The van der Waals surface area contributed by atoms with Crippen LogP contribution in [0.15, 0.2) is 0 Å². The second-order valence-corrected chi connectivity index (χ2v) is 7.02. The lowest BCUT2D eigenvalue weighted by molar-refractivity contribution is -0.138. The minimum atomic E-state index is -0.730. The van der Waals surface area contributed by atoms with Crippen LogP contribution in [0.4, 0.5) is 4.79 Å². The highest BCUT2D eigenvalue weighted by molar-refractivity contribution is 5.75. The van der Waals surface area contributed by atoms with Gasteiger partial charge in [-0.25, -0.2) is 4.79 Å². The van der Waals surface area contributed by atoms with Crippen molar-refractivity contribution in [1.82, 2.24) is 9.80 Å². The third kappa shape index (κ3) is 3.89. The van der Waals surface area contributed by atoms with Gasteiger partial charge < -0.3 is 14.9 Å². The first-order chi connectivity index (χ1) is 9.88. The van der Waals surface area contributed by atoms with Crippen molar-refractivity contribution in [3.63, 3.8) is 0 Å². The average molecular weight is 296 g/mol. The first-order valence-corrected chi connectivity index (χ1v) is 8.15. The van der Waals surface area contributed by atoms with Crippen LogP contribution in [0, 0.1) is 17.8 Å². The molecular formula is C16H28N2O3. The van der Waals surface area contributed by atoms with Crippen LogP contribution in [0.3, 0.4) is 0 Å². The number of hydrogen-bond acceptors (Lipinski definition) is 2. The summed E-state index contributed by atoms with van der Waals surface area (Å²) < 4.78 is 0. The fourth-order valence-corrected chi connectivity index (χ4v) is 3.72. The lowest BCUT2D eigenvalue weighted by Crippen LogP contribution is -2.55. The van der Waals surface area contributed by atoms with Crippen LogP contribution in [0.2, 0.25) is 0 Å². The molecule has 5 heteroatoms. The number of amides is 2. The average Bonchev–Trinajstić information content (AvgIpc) is 2.42. The fraction of sp³-hybridized carbons (Fsp3) is 0.875. The molecule has 2 fully saturated rings. The normalized spacial score (nSPS) is 31.3. The highest BCUT2D eigenvalue weighted by Crippen LogP contribution is 2.29. The van der Waals surface area contributed by atoms with Crippen molar-refractivity contribution < 1.29 is 14.7 Å². The molecule has 0 aromatic heterocycles. The van der Waals surface area contributed by atoms with Crippen molar-refractivity contribution in [2.75, 3.05) is 19.6 Å². The maximum absolute atomic E-state index is 12.7. The van der Waals surface area contributed by atoms with Gasteiger partial charge in [0.05, 0.1) is 0 Å². The van der Waals surface area contributed by atoms with E-state index in [4.69, 9.17) is 5.11 Å². The Hall–Kier alpha value is -1.26. The zero-order chi connectivity index (χ0) is 15.6. The Kier molecular flexibility index (Phi) is 5.12. The number of likely N-dealkylation sites (tertiary alicyclic amines) is 2. The van der Waals surface area contributed by atoms with Gasteiger partial charge >= 0.3 is 12.0 Å². The largest absolute Gasteiger partial charge is 0.481 e. The molecule has 0 spiro atoms. The third-order valence-electron chi connectivity index (χ3n) is 5.19. The van der Waals surface area contributed by atoms with Crippen molar-refractivity contribution in [3.8, 4) is 0 Å². The molecule has 0 aromatic rings. The van der Waals surface area contributed by atoms with E-state index in [1.807, 2.05) is 9.80 Å². The molecule has 0 saturated carbocycles. The monoisotopic (exact) mass is 296 g/mol. The number of carboxylic acids is 1. The summed E-state index contributed by atoms with van der Waals surface area (Å²) in [5.74, 6) is 0.599. The Morgan fingerprint density at radius 2 is 1.76 bits per heavy atom. The highest BCUT2D eigenvalue weighted by Gasteiger charge is 2.35. The Bertz CT molecular complexity index is 391. The van der Waals surface area contributed by atoms with Gasteiger partial charge in [-0.15, -0.1) is 0 Å². The second-order valence-electron chi connectivity index (χ2n) is 7.02. The third-order valence-corrected chi connectivity index (χ3v) is 5.19. The van der Waals surface area contributed by atoms with E-state index < -0.39 is 5.97 Å². The molecule has 0 radical (unpaired) electrons. The van der Waals surface area contributed by atoms with E-state index in [2.05, 4.69) is 20.8 Å². The molecule has 2 aliphatic rings. The molecule has 2 saturated heterocycles. The number of carbonyl (C=O) groups excluding carboxylic acids is 1. The molecule has 0 aliphatic carbocycles. The van der Waals surface area contributed by atoms with E-state index in [-0.39, 0.29) is 18.4 Å². The first-order valence-electron chi connectivity index (χ1n) is 8.15. The number of carbonyl (C=O) groups is 2. The topological polar surface area (TPSA) is 60.9 Å². The van der Waals surface area contributed by atoms with E-state index in [9.17, 15) is 9.59 Å². The smallest absolute Gasteiger partial charge is 0.320 e. The zero-order valence-corrected chi connectivity index (χ0v) is 13.4. The van der Waals surface area contributed by atoms with Crippen LogP contribution in [-0.2, 0) is 4.79 Å². The Balaban J connectivity index is 1.90. The molecule has 2 aliphatic heterocycles. The van der Waals surface area contributed by atoms with Gasteiger partial charge in [0.1, 0.15) is 0 Å². The van der Waals surface area contributed by atoms with Crippen molar-refractivity contribution in [3.05, 3.63) is 0 Å². The summed E-state index contributed by atoms with van der Waals surface area (Å²) in [4.78, 5) is 27.4. The summed E-state index contributed by atoms with van der Waals surface area (Å²) in [6.07, 6.45) is 3.04. The molecule has 120 valence electrons. The quantitative estimate of drug-likeness (QED) is 0.852. The van der Waals surface area contributed by atoms with Gasteiger partial charge in [0, 0.05) is 32.1 Å².